The van der Waals surface area contributed by atoms with Crippen LogP contribution in [0.4, 0.5) is 0 Å². The van der Waals surface area contributed by atoms with Crippen LogP contribution < -0.4 is 11.2 Å². The quantitative estimate of drug-likeness (QED) is 0.780. The number of aryl methyl sites for hydroxylation is 1. The highest BCUT2D eigenvalue weighted by Crippen LogP contribution is 2.18. The Kier molecular flexibility index (Phi) is 3.70. The Hall–Kier alpha value is -2.57. The molecule has 0 unspecified atom stereocenters. The lowest BCUT2D eigenvalue weighted by atomic mass is 10.4. The maximum Gasteiger partial charge on any atom is 0.332 e. The monoisotopic (exact) mass is 302 g/mol. The molecule has 7 heteroatoms. The van der Waals surface area contributed by atoms with Crippen molar-refractivity contribution >= 4 is 11.2 Å². The first-order valence-electron chi connectivity index (χ1n) is 7.44. The van der Waals surface area contributed by atoms with E-state index in [1.807, 2.05) is 13.8 Å². The molecule has 3 aromatic heterocycles. The molecule has 0 aromatic carbocycles. The average molecular weight is 302 g/mol. The third-order valence-corrected chi connectivity index (χ3v) is 3.51. The summed E-state index contributed by atoms with van der Waals surface area (Å²) in [6, 6.07) is 3.50. The van der Waals surface area contributed by atoms with Crippen molar-refractivity contribution in [3.8, 4) is 11.6 Å². The second-order valence-corrected chi connectivity index (χ2v) is 5.15. The smallest absolute Gasteiger partial charge is 0.332 e. The predicted octanol–water partition coefficient (Wildman–Crippen LogP) is 1.97. The Morgan fingerprint density at radius 3 is 2.55 bits per heavy atom. The molecule has 0 saturated heterocycles. The first kappa shape index (κ1) is 14.4. The van der Waals surface area contributed by atoms with E-state index in [0.29, 0.717) is 42.3 Å². The number of nitrogens with zero attached hydrogens (tertiary/aromatic N) is 3. The topological polar surface area (TPSA) is 85.8 Å². The van der Waals surface area contributed by atoms with E-state index < -0.39 is 0 Å². The van der Waals surface area contributed by atoms with Crippen LogP contribution >= 0.6 is 0 Å². The number of nitrogens with one attached hydrogen (secondary N) is 1. The van der Waals surface area contributed by atoms with Gasteiger partial charge >= 0.3 is 5.69 Å². The highest BCUT2D eigenvalue weighted by molar-refractivity contribution is 5.74. The summed E-state index contributed by atoms with van der Waals surface area (Å²) < 4.78 is 8.12. The van der Waals surface area contributed by atoms with E-state index in [1.165, 1.54) is 10.8 Å². The first-order valence-corrected chi connectivity index (χ1v) is 7.44. The van der Waals surface area contributed by atoms with Gasteiger partial charge in [0, 0.05) is 13.1 Å². The summed E-state index contributed by atoms with van der Waals surface area (Å²) in [5.41, 5.74) is 0.0849. The van der Waals surface area contributed by atoms with Crippen molar-refractivity contribution in [3.63, 3.8) is 0 Å². The van der Waals surface area contributed by atoms with Crippen LogP contribution in [0.15, 0.2) is 32.4 Å². The molecule has 1 N–H and O–H groups in total. The Balaban J connectivity index is 2.33. The van der Waals surface area contributed by atoms with Gasteiger partial charge in [-0.2, -0.15) is 0 Å². The standard InChI is InChI=1S/C15H18N4O3/c1-3-7-18-13-11(14(20)19(8-4-2)15(18)21)16-12(17-13)10-6-5-9-22-10/h5-6,9H,3-4,7-8H2,1-2H3,(H,16,17). The number of aromatic nitrogens is 4. The fourth-order valence-corrected chi connectivity index (χ4v) is 2.54. The van der Waals surface area contributed by atoms with Gasteiger partial charge in [0.15, 0.2) is 22.7 Å². The normalized spacial score (nSPS) is 11.4. The second kappa shape index (κ2) is 5.67. The number of aromatic amines is 1. The zero-order valence-corrected chi connectivity index (χ0v) is 12.6. The van der Waals surface area contributed by atoms with Crippen molar-refractivity contribution in [3.05, 3.63) is 39.2 Å². The van der Waals surface area contributed by atoms with Gasteiger partial charge in [0.2, 0.25) is 0 Å². The van der Waals surface area contributed by atoms with Gasteiger partial charge in [-0.25, -0.2) is 9.78 Å². The Labute approximate surface area is 126 Å². The van der Waals surface area contributed by atoms with E-state index in [-0.39, 0.29) is 11.2 Å². The van der Waals surface area contributed by atoms with Gasteiger partial charge in [-0.15, -0.1) is 0 Å². The third-order valence-electron chi connectivity index (χ3n) is 3.51. The molecule has 22 heavy (non-hydrogen) atoms. The largest absolute Gasteiger partial charge is 0.461 e. The van der Waals surface area contributed by atoms with E-state index in [2.05, 4.69) is 9.97 Å². The third kappa shape index (κ3) is 2.18. The number of H-pyrrole nitrogens is 1. The maximum absolute atomic E-state index is 12.5. The zero-order chi connectivity index (χ0) is 15.7. The highest BCUT2D eigenvalue weighted by atomic mass is 16.3. The summed E-state index contributed by atoms with van der Waals surface area (Å²) in [5.74, 6) is 0.990. The molecular formula is C15H18N4O3. The van der Waals surface area contributed by atoms with Crippen LogP contribution in [0.2, 0.25) is 0 Å². The number of furan rings is 1. The molecule has 0 atom stereocenters. The van der Waals surface area contributed by atoms with E-state index in [4.69, 9.17) is 4.42 Å². The first-order chi connectivity index (χ1) is 10.7. The number of hydrogen-bond donors (Lipinski definition) is 1. The molecule has 0 aliphatic rings. The molecule has 3 rings (SSSR count). The second-order valence-electron chi connectivity index (χ2n) is 5.15. The number of imidazole rings is 1. The molecule has 0 amide bonds. The molecular weight excluding hydrogens is 284 g/mol. The minimum atomic E-state index is -0.334. The van der Waals surface area contributed by atoms with Crippen LogP contribution in [0.5, 0.6) is 0 Å². The van der Waals surface area contributed by atoms with Crippen molar-refractivity contribution in [1.29, 1.82) is 0 Å². The zero-order valence-electron chi connectivity index (χ0n) is 12.6. The molecule has 0 bridgehead atoms. The van der Waals surface area contributed by atoms with Crippen molar-refractivity contribution in [2.75, 3.05) is 0 Å². The SMILES string of the molecule is CCCn1c(=O)c2[nH]c(-c3ccco3)nc2n(CCC)c1=O. The number of hydrogen-bond acceptors (Lipinski definition) is 4. The minimum Gasteiger partial charge on any atom is -0.461 e. The van der Waals surface area contributed by atoms with Gasteiger partial charge < -0.3 is 9.40 Å². The van der Waals surface area contributed by atoms with E-state index in [9.17, 15) is 9.59 Å². The van der Waals surface area contributed by atoms with Crippen LogP contribution in [-0.2, 0) is 13.1 Å². The van der Waals surface area contributed by atoms with Gasteiger partial charge in [0.05, 0.1) is 6.26 Å². The van der Waals surface area contributed by atoms with Gasteiger partial charge in [-0.05, 0) is 25.0 Å². The van der Waals surface area contributed by atoms with Crippen molar-refractivity contribution in [1.82, 2.24) is 19.1 Å². The van der Waals surface area contributed by atoms with E-state index in [0.717, 1.165) is 6.42 Å². The molecule has 0 aliphatic heterocycles. The van der Waals surface area contributed by atoms with Crippen LogP contribution in [-0.4, -0.2) is 19.1 Å². The average Bonchev–Trinajstić information content (AvgIpc) is 3.16. The summed E-state index contributed by atoms with van der Waals surface area (Å²) in [6.45, 7) is 4.82. The van der Waals surface area contributed by atoms with Gasteiger partial charge in [-0.3, -0.25) is 13.9 Å². The molecule has 0 spiro atoms. The van der Waals surface area contributed by atoms with Crippen molar-refractivity contribution in [2.45, 2.75) is 39.8 Å². The molecule has 0 saturated carbocycles. The van der Waals surface area contributed by atoms with Crippen molar-refractivity contribution in [2.24, 2.45) is 0 Å². The van der Waals surface area contributed by atoms with Gasteiger partial charge in [-0.1, -0.05) is 13.8 Å². The summed E-state index contributed by atoms with van der Waals surface area (Å²) in [6.07, 6.45) is 3.03. The van der Waals surface area contributed by atoms with Crippen LogP contribution in [0, 0.1) is 0 Å². The van der Waals surface area contributed by atoms with E-state index in [1.54, 1.807) is 16.7 Å². The lowest BCUT2D eigenvalue weighted by Gasteiger charge is -2.09. The Morgan fingerprint density at radius 1 is 1.18 bits per heavy atom. The maximum atomic E-state index is 12.5. The van der Waals surface area contributed by atoms with Crippen LogP contribution in [0.1, 0.15) is 26.7 Å². The fraction of sp³-hybridized carbons (Fsp3) is 0.400. The lowest BCUT2D eigenvalue weighted by molar-refractivity contribution is 0.555. The Morgan fingerprint density at radius 2 is 1.91 bits per heavy atom. The number of rotatable bonds is 5. The van der Waals surface area contributed by atoms with Crippen LogP contribution in [0.3, 0.4) is 0 Å². The molecule has 0 fully saturated rings. The van der Waals surface area contributed by atoms with Crippen LogP contribution in [0.25, 0.3) is 22.7 Å². The molecule has 116 valence electrons. The minimum absolute atomic E-state index is 0.307. The summed E-state index contributed by atoms with van der Waals surface area (Å²) in [7, 11) is 0. The predicted molar refractivity (Wildman–Crippen MR) is 82.9 cm³/mol. The Bertz CT molecular complexity index is 899. The van der Waals surface area contributed by atoms with Gasteiger partial charge in [0.25, 0.3) is 5.56 Å². The summed E-state index contributed by atoms with van der Waals surface area (Å²) in [5, 5.41) is 0. The fourth-order valence-electron chi connectivity index (χ4n) is 2.54. The van der Waals surface area contributed by atoms with Gasteiger partial charge in [0.1, 0.15) is 0 Å². The summed E-state index contributed by atoms with van der Waals surface area (Å²) in [4.78, 5) is 32.4. The van der Waals surface area contributed by atoms with Crippen molar-refractivity contribution < 1.29 is 4.42 Å². The molecule has 3 heterocycles. The number of fused-ring (bicyclic) bond motifs is 1. The molecule has 7 nitrogen and oxygen atoms in total. The van der Waals surface area contributed by atoms with E-state index >= 15 is 0 Å². The lowest BCUT2D eigenvalue weighted by Crippen LogP contribution is -2.40. The molecule has 3 aromatic rings. The molecule has 0 radical (unpaired) electrons. The molecule has 0 aliphatic carbocycles. The highest BCUT2D eigenvalue weighted by Gasteiger charge is 2.17. The summed E-state index contributed by atoms with van der Waals surface area (Å²) >= 11 is 0.